The maximum absolute atomic E-state index is 14.4. The van der Waals surface area contributed by atoms with Gasteiger partial charge in [0.15, 0.2) is 4.80 Å². The van der Waals surface area contributed by atoms with Crippen molar-refractivity contribution in [2.45, 2.75) is 33.7 Å². The Hall–Kier alpha value is -5.22. The average molecular weight is 636 g/mol. The Morgan fingerprint density at radius 3 is 2.54 bits per heavy atom. The van der Waals surface area contributed by atoms with Gasteiger partial charge in [0.1, 0.15) is 23.3 Å². The smallest absolute Gasteiger partial charge is 0.335 e. The molecule has 46 heavy (non-hydrogen) atoms. The molecule has 5 aromatic rings. The lowest BCUT2D eigenvalue weighted by Crippen LogP contribution is -2.43. The lowest BCUT2D eigenvalue weighted by atomic mass is 9.90. The quantitative estimate of drug-likeness (QED) is 0.240. The van der Waals surface area contributed by atoms with Crippen LogP contribution in [0.25, 0.3) is 28.2 Å². The molecule has 10 heteroatoms. The van der Waals surface area contributed by atoms with E-state index in [1.165, 1.54) is 11.3 Å². The number of hydrogen-bond acceptors (Lipinski definition) is 7. The van der Waals surface area contributed by atoms with Crippen molar-refractivity contribution >= 4 is 40.1 Å². The maximum Gasteiger partial charge on any atom is 0.335 e. The van der Waals surface area contributed by atoms with Crippen molar-refractivity contribution in [2.75, 3.05) is 20.2 Å². The molecule has 0 radical (unpaired) electrons. The van der Waals surface area contributed by atoms with Crippen molar-refractivity contribution in [1.29, 1.82) is 0 Å². The summed E-state index contributed by atoms with van der Waals surface area (Å²) in [6.45, 7) is 8.55. The highest BCUT2D eigenvalue weighted by Gasteiger charge is 2.36. The molecule has 6 rings (SSSR count). The van der Waals surface area contributed by atoms with E-state index < -0.39 is 12.0 Å². The summed E-state index contributed by atoms with van der Waals surface area (Å²) in [5.41, 5.74) is 3.02. The number of carbonyl (C=O) groups excluding carboxylic acids is 1. The zero-order valence-electron chi connectivity index (χ0n) is 26.2. The highest BCUT2D eigenvalue weighted by molar-refractivity contribution is 7.07. The van der Waals surface area contributed by atoms with Gasteiger partial charge in [-0.1, -0.05) is 47.7 Å². The molecule has 3 aromatic carbocycles. The first-order valence-electron chi connectivity index (χ1n) is 15.0. The van der Waals surface area contributed by atoms with Gasteiger partial charge in [0.25, 0.3) is 11.5 Å². The van der Waals surface area contributed by atoms with E-state index in [0.717, 1.165) is 16.3 Å². The molecule has 234 valence electrons. The largest absolute Gasteiger partial charge is 0.496 e. The number of allylic oxidation sites excluding steroid dienone is 1. The van der Waals surface area contributed by atoms with Crippen molar-refractivity contribution in [1.82, 2.24) is 9.47 Å². The number of carboxylic acids is 1. The van der Waals surface area contributed by atoms with E-state index in [0.29, 0.717) is 62.1 Å². The first kappa shape index (κ1) is 30.8. The van der Waals surface area contributed by atoms with Gasteiger partial charge < -0.3 is 19.2 Å². The van der Waals surface area contributed by atoms with Crippen LogP contribution in [0.15, 0.2) is 92.2 Å². The van der Waals surface area contributed by atoms with Crippen LogP contribution in [0.1, 0.15) is 54.1 Å². The molecule has 0 unspecified atom stereocenters. The number of carbonyl (C=O) groups is 2. The van der Waals surface area contributed by atoms with Crippen LogP contribution in [0, 0.1) is 6.92 Å². The van der Waals surface area contributed by atoms with Gasteiger partial charge >= 0.3 is 5.97 Å². The van der Waals surface area contributed by atoms with Gasteiger partial charge in [-0.3, -0.25) is 14.2 Å². The molecule has 1 aliphatic rings. The van der Waals surface area contributed by atoms with E-state index in [9.17, 15) is 19.5 Å². The number of rotatable bonds is 8. The third-order valence-corrected chi connectivity index (χ3v) is 9.36. The fourth-order valence-corrected chi connectivity index (χ4v) is 7.04. The highest BCUT2D eigenvalue weighted by Crippen LogP contribution is 2.40. The Balaban J connectivity index is 1.56. The van der Waals surface area contributed by atoms with E-state index >= 15 is 0 Å². The number of carboxylic acid groups (broad SMARTS) is 1. The number of aromatic nitrogens is 1. The van der Waals surface area contributed by atoms with Crippen LogP contribution in [-0.4, -0.2) is 46.6 Å². The molecule has 0 spiro atoms. The van der Waals surface area contributed by atoms with Gasteiger partial charge in [0, 0.05) is 30.3 Å². The minimum Gasteiger partial charge on any atom is -0.496 e. The number of aromatic carboxylic acids is 1. The molecule has 2 aromatic heterocycles. The zero-order chi connectivity index (χ0) is 32.7. The van der Waals surface area contributed by atoms with Gasteiger partial charge in [-0.05, 0) is 74.4 Å². The van der Waals surface area contributed by atoms with Gasteiger partial charge in [-0.25, -0.2) is 9.79 Å². The maximum atomic E-state index is 14.4. The van der Waals surface area contributed by atoms with Crippen LogP contribution in [0.2, 0.25) is 0 Å². The summed E-state index contributed by atoms with van der Waals surface area (Å²) in [7, 11) is 1.59. The van der Waals surface area contributed by atoms with E-state index in [1.807, 2.05) is 64.1 Å². The monoisotopic (exact) mass is 635 g/mol. The number of aryl methyl sites for hydroxylation is 1. The number of methoxy groups -OCH3 is 1. The SMILES string of the molecule is CCN(CC)C(=O)C1=C(C)N=c2s/c(=C/c3ccc(-c4cc(C(=O)O)ccc4C)o3)c(=O)n2[C@@H]1c1c(OC)ccc2ccccc12. The summed E-state index contributed by atoms with van der Waals surface area (Å²) in [6.07, 6.45) is 1.66. The number of benzene rings is 3. The molecule has 1 amide bonds. The summed E-state index contributed by atoms with van der Waals surface area (Å²) in [6, 6.07) is 19.2. The number of thiazole rings is 1. The number of fused-ring (bicyclic) bond motifs is 2. The summed E-state index contributed by atoms with van der Waals surface area (Å²) in [5, 5.41) is 11.3. The molecule has 1 atom stereocenters. The number of hydrogen-bond donors (Lipinski definition) is 1. The Labute approximate surface area is 269 Å². The Bertz CT molecular complexity index is 2240. The van der Waals surface area contributed by atoms with E-state index in [1.54, 1.807) is 53.0 Å². The Morgan fingerprint density at radius 2 is 1.83 bits per heavy atom. The van der Waals surface area contributed by atoms with Crippen LogP contribution in [0.5, 0.6) is 5.75 Å². The van der Waals surface area contributed by atoms with Gasteiger partial charge in [0.05, 0.1) is 28.5 Å². The number of ether oxygens (including phenoxy) is 1. The minimum absolute atomic E-state index is 0.154. The number of amides is 1. The molecule has 0 saturated carbocycles. The van der Waals surface area contributed by atoms with Crippen LogP contribution in [0.3, 0.4) is 0 Å². The van der Waals surface area contributed by atoms with Gasteiger partial charge in [0.2, 0.25) is 0 Å². The standard InChI is InChI=1S/C36H33N3O6S/c1-6-38(7-2)34(41)30-21(4)37-36-39(32(30)31-25-11-9-8-10-22(25)14-16-28(31)44-5)33(40)29(46-36)19-24-15-17-27(45-24)26-18-23(35(42)43)13-12-20(26)3/h8-19,32H,6-7H2,1-5H3,(H,42,43)/b29-19+/t32-/m0/s1. The third kappa shape index (κ3) is 5.24. The number of likely N-dealkylation sites (N-methyl/N-ethyl adjacent to an activating group) is 1. The first-order valence-corrected chi connectivity index (χ1v) is 15.8. The molecule has 0 bridgehead atoms. The summed E-state index contributed by atoms with van der Waals surface area (Å²) < 4.78 is 14.0. The van der Waals surface area contributed by atoms with E-state index in [2.05, 4.69) is 0 Å². The second kappa shape index (κ2) is 12.3. The van der Waals surface area contributed by atoms with Crippen molar-refractivity contribution in [3.8, 4) is 17.1 Å². The third-order valence-electron chi connectivity index (χ3n) is 8.38. The molecule has 3 heterocycles. The average Bonchev–Trinajstić information content (AvgIpc) is 3.64. The van der Waals surface area contributed by atoms with Gasteiger partial charge in [-0.15, -0.1) is 0 Å². The highest BCUT2D eigenvalue weighted by atomic mass is 32.1. The fourth-order valence-electron chi connectivity index (χ4n) is 6.01. The normalized spacial score (nSPS) is 14.7. The second-order valence-corrected chi connectivity index (χ2v) is 12.0. The van der Waals surface area contributed by atoms with Crippen molar-refractivity contribution in [3.63, 3.8) is 0 Å². The lowest BCUT2D eigenvalue weighted by molar-refractivity contribution is -0.127. The predicted molar refractivity (Wildman–Crippen MR) is 178 cm³/mol. The summed E-state index contributed by atoms with van der Waals surface area (Å²) >= 11 is 1.22. The second-order valence-electron chi connectivity index (χ2n) is 11.0. The summed E-state index contributed by atoms with van der Waals surface area (Å²) in [4.78, 5) is 47.0. The lowest BCUT2D eigenvalue weighted by Gasteiger charge is -2.30. The molecular formula is C36H33N3O6S. The zero-order valence-corrected chi connectivity index (χ0v) is 27.0. The van der Waals surface area contributed by atoms with Crippen molar-refractivity contribution in [2.24, 2.45) is 4.99 Å². The predicted octanol–water partition coefficient (Wildman–Crippen LogP) is 5.53. The van der Waals surface area contributed by atoms with Crippen molar-refractivity contribution < 1.29 is 23.8 Å². The van der Waals surface area contributed by atoms with E-state index in [4.69, 9.17) is 14.1 Å². The number of nitrogens with zero attached hydrogens (tertiary/aromatic N) is 3. The van der Waals surface area contributed by atoms with Crippen LogP contribution >= 0.6 is 11.3 Å². The molecule has 9 nitrogen and oxygen atoms in total. The summed E-state index contributed by atoms with van der Waals surface area (Å²) in [5.74, 6) is 0.263. The topological polar surface area (TPSA) is 114 Å². The molecule has 0 saturated heterocycles. The molecule has 0 fully saturated rings. The van der Waals surface area contributed by atoms with Crippen molar-refractivity contribution in [3.05, 3.63) is 120 Å². The van der Waals surface area contributed by atoms with Gasteiger partial charge in [-0.2, -0.15) is 0 Å². The molecule has 0 aliphatic carbocycles. The fraction of sp³-hybridized carbons (Fsp3) is 0.222. The molecule has 1 aliphatic heterocycles. The molecular weight excluding hydrogens is 602 g/mol. The number of furan rings is 1. The first-order chi connectivity index (χ1) is 22.2. The minimum atomic E-state index is -1.03. The van der Waals surface area contributed by atoms with Crippen LogP contribution < -0.4 is 19.6 Å². The Morgan fingerprint density at radius 1 is 1.07 bits per heavy atom. The van der Waals surface area contributed by atoms with Crippen LogP contribution in [-0.2, 0) is 4.79 Å². The molecule has 1 N–H and O–H groups in total. The Kier molecular flexibility index (Phi) is 8.22. The van der Waals surface area contributed by atoms with E-state index in [-0.39, 0.29) is 17.0 Å². The van der Waals surface area contributed by atoms with Crippen LogP contribution in [0.4, 0.5) is 0 Å².